The molecule has 0 aliphatic rings. The van der Waals surface area contributed by atoms with Gasteiger partial charge in [0, 0.05) is 28.2 Å². The number of carbonyl (C=O) groups is 1. The summed E-state index contributed by atoms with van der Waals surface area (Å²) < 4.78 is 13.6. The van der Waals surface area contributed by atoms with E-state index in [0.717, 1.165) is 14.9 Å². The molecular formula is C14H11BrFNOS. The molecule has 0 spiro atoms. The fourth-order valence-electron chi connectivity index (χ4n) is 1.53. The third-order valence-corrected chi connectivity index (χ3v) is 3.88. The average molecular weight is 340 g/mol. The number of halogens is 2. The monoisotopic (exact) mass is 339 g/mol. The van der Waals surface area contributed by atoms with Crippen molar-refractivity contribution in [1.82, 2.24) is 4.98 Å². The lowest BCUT2D eigenvalue weighted by Gasteiger charge is -2.02. The average Bonchev–Trinajstić information content (AvgIpc) is 2.38. The van der Waals surface area contributed by atoms with Crippen molar-refractivity contribution in [3.05, 3.63) is 58.6 Å². The molecule has 98 valence electrons. The minimum atomic E-state index is -0.268. The molecule has 0 saturated carbocycles. The van der Waals surface area contributed by atoms with E-state index in [9.17, 15) is 9.18 Å². The lowest BCUT2D eigenvalue weighted by atomic mass is 10.2. The molecule has 1 aromatic carbocycles. The third-order valence-electron chi connectivity index (χ3n) is 2.38. The van der Waals surface area contributed by atoms with Crippen LogP contribution < -0.4 is 0 Å². The van der Waals surface area contributed by atoms with E-state index < -0.39 is 0 Å². The van der Waals surface area contributed by atoms with Crippen LogP contribution in [0.2, 0.25) is 0 Å². The van der Waals surface area contributed by atoms with Crippen molar-refractivity contribution < 1.29 is 9.18 Å². The molecular weight excluding hydrogens is 329 g/mol. The second-order valence-electron chi connectivity index (χ2n) is 3.97. The van der Waals surface area contributed by atoms with Gasteiger partial charge in [0.15, 0.2) is 0 Å². The van der Waals surface area contributed by atoms with Crippen molar-refractivity contribution in [2.24, 2.45) is 0 Å². The lowest BCUT2D eigenvalue weighted by Crippen LogP contribution is -2.05. The van der Waals surface area contributed by atoms with Gasteiger partial charge in [0.25, 0.3) is 0 Å². The summed E-state index contributed by atoms with van der Waals surface area (Å²) in [5, 5.41) is 0. The van der Waals surface area contributed by atoms with Gasteiger partial charge in [-0.1, -0.05) is 0 Å². The van der Waals surface area contributed by atoms with E-state index in [0.29, 0.717) is 12.2 Å². The van der Waals surface area contributed by atoms with Crippen molar-refractivity contribution in [1.29, 1.82) is 0 Å². The summed E-state index contributed by atoms with van der Waals surface area (Å²) in [6, 6.07) is 8.02. The molecule has 1 heterocycles. The number of rotatable bonds is 5. The van der Waals surface area contributed by atoms with Crippen LogP contribution in [0.25, 0.3) is 0 Å². The molecule has 0 bridgehead atoms. The maximum absolute atomic E-state index is 12.7. The van der Waals surface area contributed by atoms with Crippen LogP contribution >= 0.6 is 27.7 Å². The summed E-state index contributed by atoms with van der Waals surface area (Å²) in [7, 11) is 0. The molecule has 0 saturated heterocycles. The Hall–Kier alpha value is -1.20. The summed E-state index contributed by atoms with van der Waals surface area (Å²) in [6.07, 6.45) is 3.73. The Labute approximate surface area is 123 Å². The second kappa shape index (κ2) is 6.82. The lowest BCUT2D eigenvalue weighted by molar-refractivity contribution is -0.116. The molecule has 0 atom stereocenters. The topological polar surface area (TPSA) is 30.0 Å². The van der Waals surface area contributed by atoms with Crippen LogP contribution in [0.3, 0.4) is 0 Å². The highest BCUT2D eigenvalue weighted by molar-refractivity contribution is 9.10. The molecule has 0 aliphatic heterocycles. The van der Waals surface area contributed by atoms with E-state index in [2.05, 4.69) is 20.9 Å². The van der Waals surface area contributed by atoms with Gasteiger partial charge >= 0.3 is 0 Å². The maximum atomic E-state index is 12.7. The van der Waals surface area contributed by atoms with Crippen LogP contribution in [0, 0.1) is 5.82 Å². The van der Waals surface area contributed by atoms with Crippen molar-refractivity contribution >= 4 is 33.5 Å². The van der Waals surface area contributed by atoms with E-state index in [-0.39, 0.29) is 11.6 Å². The van der Waals surface area contributed by atoms with Gasteiger partial charge in [-0.05, 0) is 51.8 Å². The molecule has 0 N–H and O–H groups in total. The molecule has 1 aromatic heterocycles. The maximum Gasteiger partial charge on any atom is 0.147 e. The first kappa shape index (κ1) is 14.2. The first-order valence-corrected chi connectivity index (χ1v) is 7.41. The van der Waals surface area contributed by atoms with Gasteiger partial charge in [-0.25, -0.2) is 4.39 Å². The van der Waals surface area contributed by atoms with Crippen molar-refractivity contribution in [3.63, 3.8) is 0 Å². The van der Waals surface area contributed by atoms with E-state index >= 15 is 0 Å². The Morgan fingerprint density at radius 3 is 2.68 bits per heavy atom. The number of carbonyl (C=O) groups excluding carboxylic acids is 1. The molecule has 2 aromatic rings. The second-order valence-corrected chi connectivity index (χ2v) is 5.93. The summed E-state index contributed by atoms with van der Waals surface area (Å²) >= 11 is 4.73. The highest BCUT2D eigenvalue weighted by Gasteiger charge is 2.06. The van der Waals surface area contributed by atoms with Crippen LogP contribution in [-0.2, 0) is 11.2 Å². The fraction of sp³-hybridized carbons (Fsp3) is 0.143. The zero-order valence-electron chi connectivity index (χ0n) is 9.98. The van der Waals surface area contributed by atoms with Crippen LogP contribution in [0.5, 0.6) is 0 Å². The number of aromatic nitrogens is 1. The van der Waals surface area contributed by atoms with Crippen LogP contribution in [0.1, 0.15) is 5.56 Å². The third kappa shape index (κ3) is 4.76. The Balaban J connectivity index is 1.86. The Morgan fingerprint density at radius 2 is 2.00 bits per heavy atom. The van der Waals surface area contributed by atoms with Crippen molar-refractivity contribution in [2.45, 2.75) is 11.3 Å². The fourth-order valence-corrected chi connectivity index (χ4v) is 2.70. The SMILES string of the molecule is O=C(CSc1ccc(F)cc1)Cc1cncc(Br)c1. The smallest absolute Gasteiger partial charge is 0.147 e. The summed E-state index contributed by atoms with van der Waals surface area (Å²) in [5.41, 5.74) is 0.888. The van der Waals surface area contributed by atoms with Crippen molar-refractivity contribution in [2.75, 3.05) is 5.75 Å². The number of thioether (sulfide) groups is 1. The molecule has 5 heteroatoms. The summed E-state index contributed by atoms with van der Waals surface area (Å²) in [6.45, 7) is 0. The first-order valence-electron chi connectivity index (χ1n) is 5.63. The molecule has 0 amide bonds. The zero-order chi connectivity index (χ0) is 13.7. The number of Topliss-reactive ketones (excluding diaryl/α,β-unsaturated/α-hetero) is 1. The highest BCUT2D eigenvalue weighted by atomic mass is 79.9. The van der Waals surface area contributed by atoms with Gasteiger partial charge in [-0.3, -0.25) is 9.78 Å². The number of ketones is 1. The molecule has 2 rings (SSSR count). The number of benzene rings is 1. The molecule has 0 fully saturated rings. The van der Waals surface area contributed by atoms with Crippen LogP contribution in [0.4, 0.5) is 4.39 Å². The largest absolute Gasteiger partial charge is 0.298 e. The molecule has 0 aliphatic carbocycles. The Morgan fingerprint density at radius 1 is 1.26 bits per heavy atom. The van der Waals surface area contributed by atoms with E-state index in [1.807, 2.05) is 6.07 Å². The van der Waals surface area contributed by atoms with Gasteiger partial charge in [-0.2, -0.15) is 0 Å². The normalized spacial score (nSPS) is 10.4. The zero-order valence-corrected chi connectivity index (χ0v) is 12.4. The van der Waals surface area contributed by atoms with E-state index in [4.69, 9.17) is 0 Å². The van der Waals surface area contributed by atoms with Crippen molar-refractivity contribution in [3.8, 4) is 0 Å². The quantitative estimate of drug-likeness (QED) is 0.774. The predicted octanol–water partition coefficient (Wildman–Crippen LogP) is 3.89. The molecule has 19 heavy (non-hydrogen) atoms. The minimum absolute atomic E-state index is 0.120. The molecule has 2 nitrogen and oxygen atoms in total. The first-order chi connectivity index (χ1) is 9.13. The van der Waals surface area contributed by atoms with Gasteiger partial charge in [0.05, 0.1) is 5.75 Å². The van der Waals surface area contributed by atoms with Gasteiger partial charge in [0.2, 0.25) is 0 Å². The highest BCUT2D eigenvalue weighted by Crippen LogP contribution is 2.19. The van der Waals surface area contributed by atoms with E-state index in [1.54, 1.807) is 24.5 Å². The van der Waals surface area contributed by atoms with Crippen LogP contribution in [0.15, 0.2) is 52.1 Å². The summed E-state index contributed by atoms with van der Waals surface area (Å²) in [5.74, 6) is 0.225. The van der Waals surface area contributed by atoms with Gasteiger partial charge < -0.3 is 0 Å². The van der Waals surface area contributed by atoms with Gasteiger partial charge in [-0.15, -0.1) is 11.8 Å². The molecule has 0 unspecified atom stereocenters. The standard InChI is InChI=1S/C14H11BrFNOS/c15-11-5-10(7-17-8-11)6-13(18)9-19-14-3-1-12(16)2-4-14/h1-5,7-8H,6,9H2. The van der Waals surface area contributed by atoms with E-state index in [1.165, 1.54) is 23.9 Å². The molecule has 0 radical (unpaired) electrons. The number of hydrogen-bond donors (Lipinski definition) is 0. The summed E-state index contributed by atoms with van der Waals surface area (Å²) in [4.78, 5) is 16.7. The Bertz CT molecular complexity index is 574. The number of nitrogens with zero attached hydrogens (tertiary/aromatic N) is 1. The predicted molar refractivity (Wildman–Crippen MR) is 77.8 cm³/mol. The Kier molecular flexibility index (Phi) is 5.10. The number of pyridine rings is 1. The van der Waals surface area contributed by atoms with Crippen LogP contribution in [-0.4, -0.2) is 16.5 Å². The minimum Gasteiger partial charge on any atom is -0.298 e. The van der Waals surface area contributed by atoms with Gasteiger partial charge in [0.1, 0.15) is 11.6 Å². The number of hydrogen-bond acceptors (Lipinski definition) is 3.